The van der Waals surface area contributed by atoms with Crippen molar-refractivity contribution in [2.24, 2.45) is 5.92 Å². The second kappa shape index (κ2) is 7.92. The van der Waals surface area contributed by atoms with Gasteiger partial charge in [-0.05, 0) is 43.1 Å². The predicted molar refractivity (Wildman–Crippen MR) is 110 cm³/mol. The molecule has 0 radical (unpaired) electrons. The lowest BCUT2D eigenvalue weighted by Crippen LogP contribution is -2.58. The van der Waals surface area contributed by atoms with E-state index in [9.17, 15) is 4.79 Å². The Balaban J connectivity index is 1.47. The summed E-state index contributed by atoms with van der Waals surface area (Å²) in [5, 5.41) is 3.13. The van der Waals surface area contributed by atoms with Crippen molar-refractivity contribution in [3.63, 3.8) is 0 Å². The van der Waals surface area contributed by atoms with Crippen LogP contribution in [-0.4, -0.2) is 53.6 Å². The highest BCUT2D eigenvalue weighted by atomic mass is 16.2. The lowest BCUT2D eigenvalue weighted by molar-refractivity contribution is -0.130. The van der Waals surface area contributed by atoms with E-state index in [0.717, 1.165) is 39.1 Å². The number of benzene rings is 1. The molecular weight excluding hydrogens is 334 g/mol. The largest absolute Gasteiger partial charge is 0.342 e. The van der Waals surface area contributed by atoms with Gasteiger partial charge < -0.3 is 5.32 Å². The van der Waals surface area contributed by atoms with Gasteiger partial charge in [0.15, 0.2) is 0 Å². The molecule has 2 heterocycles. The number of nitrogens with zero attached hydrogens (tertiary/aromatic N) is 2. The summed E-state index contributed by atoms with van der Waals surface area (Å²) >= 11 is 0. The van der Waals surface area contributed by atoms with Crippen molar-refractivity contribution in [2.75, 3.05) is 26.3 Å². The summed E-state index contributed by atoms with van der Waals surface area (Å²) in [4.78, 5) is 17.9. The molecule has 1 aliphatic carbocycles. The van der Waals surface area contributed by atoms with Crippen molar-refractivity contribution >= 4 is 5.91 Å². The Bertz CT molecular complexity index is 636. The summed E-state index contributed by atoms with van der Waals surface area (Å²) in [5.41, 5.74) is 1.25. The van der Waals surface area contributed by atoms with Crippen LogP contribution in [0.5, 0.6) is 0 Å². The van der Waals surface area contributed by atoms with Crippen molar-refractivity contribution in [1.82, 2.24) is 15.1 Å². The fourth-order valence-corrected chi connectivity index (χ4v) is 5.71. The highest BCUT2D eigenvalue weighted by molar-refractivity contribution is 5.88. The highest BCUT2D eigenvalue weighted by Gasteiger charge is 2.51. The molecule has 1 N–H and O–H groups in total. The molecule has 3 fully saturated rings. The van der Waals surface area contributed by atoms with E-state index in [-0.39, 0.29) is 11.4 Å². The van der Waals surface area contributed by atoms with Crippen LogP contribution in [0.25, 0.3) is 0 Å². The summed E-state index contributed by atoms with van der Waals surface area (Å²) in [5.74, 6) is 1.51. The number of hydrogen-bond acceptors (Lipinski definition) is 3. The minimum absolute atomic E-state index is 0.252. The van der Waals surface area contributed by atoms with Gasteiger partial charge in [-0.15, -0.1) is 0 Å². The van der Waals surface area contributed by atoms with Gasteiger partial charge in [0, 0.05) is 25.7 Å². The molecule has 4 nitrogen and oxygen atoms in total. The molecule has 1 spiro atoms. The maximum Gasteiger partial charge on any atom is 0.241 e. The van der Waals surface area contributed by atoms with Crippen molar-refractivity contribution in [2.45, 2.75) is 69.9 Å². The molecule has 0 bridgehead atoms. The van der Waals surface area contributed by atoms with E-state index in [1.807, 2.05) is 0 Å². The molecule has 1 aromatic rings. The number of rotatable bonds is 4. The maximum absolute atomic E-state index is 12.7. The second-order valence-electron chi connectivity index (χ2n) is 9.22. The van der Waals surface area contributed by atoms with E-state index in [1.54, 1.807) is 0 Å². The average Bonchev–Trinajstić information content (AvgIpc) is 2.98. The minimum atomic E-state index is -0.252. The molecule has 27 heavy (non-hydrogen) atoms. The summed E-state index contributed by atoms with van der Waals surface area (Å²) in [6.07, 6.45) is 7.24. The van der Waals surface area contributed by atoms with E-state index < -0.39 is 0 Å². The van der Waals surface area contributed by atoms with Crippen LogP contribution in [0.2, 0.25) is 0 Å². The van der Waals surface area contributed by atoms with E-state index in [4.69, 9.17) is 0 Å². The van der Waals surface area contributed by atoms with Crippen LogP contribution in [0.15, 0.2) is 30.3 Å². The third-order valence-corrected chi connectivity index (χ3v) is 7.10. The Morgan fingerprint density at radius 3 is 2.52 bits per heavy atom. The molecule has 0 aromatic heterocycles. The number of likely N-dealkylation sites (tertiary alicyclic amines) is 1. The van der Waals surface area contributed by atoms with Crippen molar-refractivity contribution < 1.29 is 4.79 Å². The van der Waals surface area contributed by atoms with Crippen molar-refractivity contribution in [1.29, 1.82) is 0 Å². The van der Waals surface area contributed by atoms with Gasteiger partial charge in [0.2, 0.25) is 5.91 Å². The summed E-state index contributed by atoms with van der Waals surface area (Å²) in [6.45, 7) is 8.34. The molecule has 1 aromatic carbocycles. The first-order valence-corrected chi connectivity index (χ1v) is 10.9. The number of hydrogen-bond donors (Lipinski definition) is 1. The van der Waals surface area contributed by atoms with Crippen molar-refractivity contribution in [3.8, 4) is 0 Å². The predicted octanol–water partition coefficient (Wildman–Crippen LogP) is 3.59. The van der Waals surface area contributed by atoms with Crippen LogP contribution < -0.4 is 5.32 Å². The maximum atomic E-state index is 12.7. The zero-order valence-corrected chi connectivity index (χ0v) is 17.0. The molecule has 2 saturated heterocycles. The first kappa shape index (κ1) is 18.9. The molecule has 4 rings (SSSR count). The minimum Gasteiger partial charge on any atom is -0.342 e. The third-order valence-electron chi connectivity index (χ3n) is 7.10. The zero-order valence-electron chi connectivity index (χ0n) is 17.0. The summed E-state index contributed by atoms with van der Waals surface area (Å²) < 4.78 is 0. The normalized spacial score (nSPS) is 29.4. The van der Waals surface area contributed by atoms with Gasteiger partial charge in [0.25, 0.3) is 0 Å². The quantitative estimate of drug-likeness (QED) is 0.881. The smallest absolute Gasteiger partial charge is 0.241 e. The first-order valence-electron chi connectivity index (χ1n) is 10.9. The number of piperidine rings is 1. The number of carbonyl (C=O) groups excluding carboxylic acids is 1. The average molecular weight is 370 g/mol. The van der Waals surface area contributed by atoms with Gasteiger partial charge in [0.05, 0.1) is 6.67 Å². The number of carbonyl (C=O) groups is 1. The number of nitrogens with one attached hydrogen (secondary N) is 1. The molecule has 4 heteroatoms. The van der Waals surface area contributed by atoms with Gasteiger partial charge in [-0.3, -0.25) is 14.6 Å². The summed E-state index contributed by atoms with van der Waals surface area (Å²) in [6, 6.07) is 11.7. The van der Waals surface area contributed by atoms with Crippen LogP contribution >= 0.6 is 0 Å². The molecule has 1 saturated carbocycles. The van der Waals surface area contributed by atoms with Gasteiger partial charge >= 0.3 is 0 Å². The molecular formula is C23H35N3O. The van der Waals surface area contributed by atoms with E-state index in [0.29, 0.717) is 17.9 Å². The first-order chi connectivity index (χ1) is 13.1. The second-order valence-corrected chi connectivity index (χ2v) is 9.22. The lowest BCUT2D eigenvalue weighted by Gasteiger charge is -2.48. The molecule has 1 amide bonds. The Labute approximate surface area is 164 Å². The Morgan fingerprint density at radius 2 is 1.81 bits per heavy atom. The zero-order chi connectivity index (χ0) is 18.9. The Morgan fingerprint density at radius 1 is 1.11 bits per heavy atom. The fourth-order valence-electron chi connectivity index (χ4n) is 5.71. The van der Waals surface area contributed by atoms with Crippen molar-refractivity contribution in [3.05, 3.63) is 35.9 Å². The molecule has 2 atom stereocenters. The highest BCUT2D eigenvalue weighted by Crippen LogP contribution is 2.40. The van der Waals surface area contributed by atoms with E-state index in [2.05, 4.69) is 59.3 Å². The topological polar surface area (TPSA) is 35.6 Å². The molecule has 3 aliphatic rings. The molecule has 0 unspecified atom stereocenters. The van der Waals surface area contributed by atoms with Crippen LogP contribution in [0.3, 0.4) is 0 Å². The fraction of sp³-hybridized carbons (Fsp3) is 0.696. The van der Waals surface area contributed by atoms with Crippen LogP contribution in [-0.2, 0) is 4.79 Å². The SMILES string of the molecule is CC(C)CN1CNC(=O)C12CCN([C@@H]1CCCC[C@@H]1c1ccccc1)CC2. The lowest BCUT2D eigenvalue weighted by atomic mass is 9.77. The van der Waals surface area contributed by atoms with Gasteiger partial charge in [0.1, 0.15) is 5.54 Å². The third kappa shape index (κ3) is 3.66. The Kier molecular flexibility index (Phi) is 5.56. The van der Waals surface area contributed by atoms with Gasteiger partial charge in [-0.25, -0.2) is 0 Å². The van der Waals surface area contributed by atoms with Gasteiger partial charge in [-0.1, -0.05) is 57.0 Å². The monoisotopic (exact) mass is 369 g/mol. The van der Waals surface area contributed by atoms with Crippen LogP contribution in [0.4, 0.5) is 0 Å². The van der Waals surface area contributed by atoms with E-state index >= 15 is 0 Å². The standard InChI is InChI=1S/C23H35N3O/c1-18(2)16-26-17-24-22(27)23(26)12-14-25(15-13-23)21-11-7-6-10-20(21)19-8-4-3-5-9-19/h3-5,8-9,18,20-21H,6-7,10-17H2,1-2H3,(H,24,27)/t20-,21-/m1/s1. The molecule has 2 aliphatic heterocycles. The van der Waals surface area contributed by atoms with Gasteiger partial charge in [-0.2, -0.15) is 0 Å². The summed E-state index contributed by atoms with van der Waals surface area (Å²) in [7, 11) is 0. The van der Waals surface area contributed by atoms with Crippen LogP contribution in [0, 0.1) is 5.92 Å². The Hall–Kier alpha value is -1.39. The number of amides is 1. The van der Waals surface area contributed by atoms with E-state index in [1.165, 1.54) is 31.2 Å². The molecule has 148 valence electrons. The van der Waals surface area contributed by atoms with Crippen LogP contribution in [0.1, 0.15) is 63.9 Å².